The number of hydrogen-bond acceptors (Lipinski definition) is 2. The van der Waals surface area contributed by atoms with Crippen LogP contribution in [0.1, 0.15) is 1.43 Å². The van der Waals surface area contributed by atoms with Gasteiger partial charge < -0.3 is 1.43 Å². The van der Waals surface area contributed by atoms with Crippen molar-refractivity contribution in [2.24, 2.45) is 0 Å². The first-order chi connectivity index (χ1) is 1.73. The quantitative estimate of drug-likeness (QED) is 0.434. The first kappa shape index (κ1) is 23.3. The van der Waals surface area contributed by atoms with Crippen LogP contribution in [0, 0.1) is 0 Å². The Morgan fingerprint density at radius 2 is 1.43 bits per heavy atom. The van der Waals surface area contributed by atoms with Crippen molar-refractivity contribution in [1.82, 2.24) is 0 Å². The zero-order chi connectivity index (χ0) is 3.58. The SMILES string of the molecule is [Cu].[Fe].[H-].[Li+].[O]=[V](=[O])[OH]. The zero-order valence-electron chi connectivity index (χ0n) is 4.37. The van der Waals surface area contributed by atoms with Gasteiger partial charge in [-0.3, -0.25) is 0 Å². The zero-order valence-corrected chi connectivity index (χ0v) is 6.81. The third kappa shape index (κ3) is 82.0. The maximum atomic E-state index is 8.67. The number of hydrogen-bond donors (Lipinski definition) is 1. The summed E-state index contributed by atoms with van der Waals surface area (Å²) in [5.74, 6) is 0. The van der Waals surface area contributed by atoms with E-state index in [1.165, 1.54) is 0 Å². The van der Waals surface area contributed by atoms with Crippen LogP contribution in [-0.2, 0) is 56.9 Å². The average Bonchev–Trinajstić information content (AvgIpc) is 0.811. The van der Waals surface area contributed by atoms with Gasteiger partial charge in [0.05, 0.1) is 0 Å². The summed E-state index contributed by atoms with van der Waals surface area (Å²) in [5, 5.41) is 0. The van der Waals surface area contributed by atoms with Gasteiger partial charge in [-0.15, -0.1) is 0 Å². The van der Waals surface area contributed by atoms with Gasteiger partial charge in [0.15, 0.2) is 0 Å². The monoisotopic (exact) mass is 227 g/mol. The van der Waals surface area contributed by atoms with Gasteiger partial charge in [0.2, 0.25) is 0 Å². The number of rotatable bonds is 0. The Morgan fingerprint density at radius 3 is 1.43 bits per heavy atom. The molecular weight excluding hydrogens is 225 g/mol. The Hall–Kier alpha value is 1.78. The second kappa shape index (κ2) is 15.7. The van der Waals surface area contributed by atoms with E-state index in [1.54, 1.807) is 0 Å². The molecule has 0 rings (SSSR count). The minimum absolute atomic E-state index is 0. The molecule has 7 heavy (non-hydrogen) atoms. The maximum absolute atomic E-state index is 8.67. The van der Waals surface area contributed by atoms with E-state index in [4.69, 9.17) is 11.4 Å². The van der Waals surface area contributed by atoms with Crippen molar-refractivity contribution in [2.75, 3.05) is 0 Å². The molecular formula is H2CuFeLiO3V. The molecule has 0 aliphatic carbocycles. The summed E-state index contributed by atoms with van der Waals surface area (Å²) in [4.78, 5) is 0. The van der Waals surface area contributed by atoms with E-state index in [0.29, 0.717) is 0 Å². The fourth-order valence-corrected chi connectivity index (χ4v) is 0. The molecule has 45 valence electrons. The Morgan fingerprint density at radius 1 is 1.43 bits per heavy atom. The average molecular weight is 227 g/mol. The summed E-state index contributed by atoms with van der Waals surface area (Å²) in [7, 11) is 0. The molecule has 3 nitrogen and oxygen atoms in total. The van der Waals surface area contributed by atoms with Crippen LogP contribution >= 0.6 is 0 Å². The molecule has 0 saturated heterocycles. The van der Waals surface area contributed by atoms with E-state index in [0.717, 1.165) is 0 Å². The van der Waals surface area contributed by atoms with Crippen LogP contribution in [-0.4, -0.2) is 4.03 Å². The first-order valence-corrected chi connectivity index (χ1v) is 2.33. The first-order valence-electron chi connectivity index (χ1n) is 0.565. The summed E-state index contributed by atoms with van der Waals surface area (Å²) in [6, 6.07) is 0. The van der Waals surface area contributed by atoms with Gasteiger partial charge in [-0.1, -0.05) is 0 Å². The molecule has 0 amide bonds. The molecule has 1 radical (unpaired) electrons. The van der Waals surface area contributed by atoms with Crippen molar-refractivity contribution in [3.63, 3.8) is 0 Å². The molecule has 0 aromatic carbocycles. The van der Waals surface area contributed by atoms with Gasteiger partial charge in [-0.25, -0.2) is 0 Å². The molecule has 0 aliphatic rings. The van der Waals surface area contributed by atoms with E-state index >= 15 is 0 Å². The van der Waals surface area contributed by atoms with Crippen LogP contribution in [0.2, 0.25) is 0 Å². The van der Waals surface area contributed by atoms with Crippen molar-refractivity contribution >= 4 is 0 Å². The van der Waals surface area contributed by atoms with Gasteiger partial charge in [-0.2, -0.15) is 0 Å². The summed E-state index contributed by atoms with van der Waals surface area (Å²) >= 11 is -3.69. The van der Waals surface area contributed by atoms with Crippen molar-refractivity contribution in [1.29, 1.82) is 0 Å². The molecule has 1 N–H and O–H groups in total. The predicted octanol–water partition coefficient (Wildman–Crippen LogP) is -3.69. The van der Waals surface area contributed by atoms with E-state index < -0.39 is 15.4 Å². The van der Waals surface area contributed by atoms with Crippen LogP contribution in [0.4, 0.5) is 0 Å². The topological polar surface area (TPSA) is 54.4 Å². The fourth-order valence-electron chi connectivity index (χ4n) is 0. The summed E-state index contributed by atoms with van der Waals surface area (Å²) in [6.45, 7) is 0. The Kier molecular flexibility index (Phi) is 52.0. The summed E-state index contributed by atoms with van der Waals surface area (Å²) < 4.78 is 24.4. The van der Waals surface area contributed by atoms with Crippen LogP contribution < -0.4 is 18.9 Å². The second-order valence-electron chi connectivity index (χ2n) is 0.238. The normalized spacial score (nSPS) is 3.57. The van der Waals surface area contributed by atoms with Gasteiger partial charge in [0.1, 0.15) is 0 Å². The van der Waals surface area contributed by atoms with Crippen LogP contribution in [0.15, 0.2) is 0 Å². The molecule has 7 heteroatoms. The molecule has 0 bridgehead atoms. The van der Waals surface area contributed by atoms with Crippen molar-refractivity contribution < 1.29 is 81.2 Å². The van der Waals surface area contributed by atoms with E-state index in [2.05, 4.69) is 0 Å². The molecule has 0 spiro atoms. The Labute approximate surface area is 80.6 Å². The third-order valence-electron chi connectivity index (χ3n) is 0. The minimum atomic E-state index is -3.69. The second-order valence-corrected chi connectivity index (χ2v) is 0.981. The third-order valence-corrected chi connectivity index (χ3v) is 0. The van der Waals surface area contributed by atoms with Crippen molar-refractivity contribution in [3.05, 3.63) is 0 Å². The van der Waals surface area contributed by atoms with Crippen molar-refractivity contribution in [2.45, 2.75) is 0 Å². The van der Waals surface area contributed by atoms with Gasteiger partial charge >= 0.3 is 45.6 Å². The van der Waals surface area contributed by atoms with Crippen LogP contribution in [0.3, 0.4) is 0 Å². The molecule has 0 aromatic heterocycles. The summed E-state index contributed by atoms with van der Waals surface area (Å²) in [6.07, 6.45) is 0. The van der Waals surface area contributed by atoms with Gasteiger partial charge in [0.25, 0.3) is 0 Å². The molecule has 0 unspecified atom stereocenters. The standard InChI is InChI=1S/Cu.Fe.Li.H2O.2O.V.H/h;;;1H2;;;;/q;;+1;;;;+1;-1/p-1. The van der Waals surface area contributed by atoms with Crippen molar-refractivity contribution in [3.8, 4) is 0 Å². The van der Waals surface area contributed by atoms with E-state index in [9.17, 15) is 0 Å². The fraction of sp³-hybridized carbons (Fsp3) is 0. The molecule has 0 saturated carbocycles. The molecule has 0 heterocycles. The summed E-state index contributed by atoms with van der Waals surface area (Å²) in [5.41, 5.74) is 0. The molecule has 0 fully saturated rings. The Balaban J connectivity index is -0.00000000750. The van der Waals surface area contributed by atoms with Crippen LogP contribution in [0.25, 0.3) is 0 Å². The van der Waals surface area contributed by atoms with Gasteiger partial charge in [0, 0.05) is 34.1 Å². The van der Waals surface area contributed by atoms with Crippen LogP contribution in [0.5, 0.6) is 0 Å². The van der Waals surface area contributed by atoms with Gasteiger partial charge in [-0.05, 0) is 0 Å². The molecule has 0 atom stereocenters. The predicted molar refractivity (Wildman–Crippen MR) is 4.70 cm³/mol. The molecule has 0 aliphatic heterocycles. The Bertz CT molecular complexity index is 67.7. The molecule has 0 aromatic rings. The van der Waals surface area contributed by atoms with E-state index in [-0.39, 0.29) is 54.4 Å². The van der Waals surface area contributed by atoms with E-state index in [1.807, 2.05) is 0 Å².